The normalized spacial score (nSPS) is 14.4. The summed E-state index contributed by atoms with van der Waals surface area (Å²) in [5, 5.41) is 40.6. The van der Waals surface area contributed by atoms with E-state index in [9.17, 15) is 20.4 Å². The zero-order valence-electron chi connectivity index (χ0n) is 15.3. The van der Waals surface area contributed by atoms with Gasteiger partial charge in [0, 0.05) is 16.6 Å². The van der Waals surface area contributed by atoms with E-state index in [2.05, 4.69) is 0 Å². The van der Waals surface area contributed by atoms with Gasteiger partial charge in [-0.1, -0.05) is 54.6 Å². The average Bonchev–Trinajstić information content (AvgIpc) is 2.74. The van der Waals surface area contributed by atoms with Crippen LogP contribution in [0.5, 0.6) is 5.75 Å². The number of phenolic OH excluding ortho intramolecular Hbond substituents is 1. The number of hydrogen-bond acceptors (Lipinski definition) is 5. The first-order valence-electron chi connectivity index (χ1n) is 9.11. The first-order valence-corrected chi connectivity index (χ1v) is 10.1. The summed E-state index contributed by atoms with van der Waals surface area (Å²) in [5.41, 5.74) is 2.33. The van der Waals surface area contributed by atoms with Gasteiger partial charge in [-0.2, -0.15) is 0 Å². The molecule has 0 radical (unpaired) electrons. The zero-order valence-corrected chi connectivity index (χ0v) is 16.2. The lowest BCUT2D eigenvalue weighted by Gasteiger charge is -2.28. The topological polar surface area (TPSA) is 80.9 Å². The lowest BCUT2D eigenvalue weighted by atomic mass is 9.85. The summed E-state index contributed by atoms with van der Waals surface area (Å²) >= 11 is 1.47. The smallest absolute Gasteiger partial charge is 0.115 e. The molecule has 0 aromatic heterocycles. The van der Waals surface area contributed by atoms with E-state index in [1.54, 1.807) is 48.5 Å². The van der Waals surface area contributed by atoms with E-state index in [0.717, 1.165) is 16.0 Å². The van der Waals surface area contributed by atoms with Crippen molar-refractivity contribution in [3.8, 4) is 5.75 Å². The highest BCUT2D eigenvalue weighted by Crippen LogP contribution is 2.36. The predicted octanol–water partition coefficient (Wildman–Crippen LogP) is 3.85. The van der Waals surface area contributed by atoms with Gasteiger partial charge >= 0.3 is 0 Å². The minimum Gasteiger partial charge on any atom is -0.508 e. The molecule has 3 atom stereocenters. The van der Waals surface area contributed by atoms with Crippen molar-refractivity contribution in [2.75, 3.05) is 5.75 Å². The minimum atomic E-state index is -0.884. The Morgan fingerprint density at radius 2 is 1.39 bits per heavy atom. The van der Waals surface area contributed by atoms with Gasteiger partial charge in [0.25, 0.3) is 0 Å². The molecule has 0 aliphatic rings. The van der Waals surface area contributed by atoms with Crippen LogP contribution in [0.3, 0.4) is 0 Å². The molecule has 3 rings (SSSR count). The highest BCUT2D eigenvalue weighted by Gasteiger charge is 2.29. The van der Waals surface area contributed by atoms with Crippen LogP contribution in [0.1, 0.15) is 28.7 Å². The maximum Gasteiger partial charge on any atom is 0.115 e. The van der Waals surface area contributed by atoms with E-state index in [1.165, 1.54) is 11.8 Å². The van der Waals surface area contributed by atoms with Gasteiger partial charge in [-0.15, -0.1) is 11.8 Å². The molecule has 0 bridgehead atoms. The Kier molecular flexibility index (Phi) is 7.12. The summed E-state index contributed by atoms with van der Waals surface area (Å²) in [5.74, 6) is 0.107. The van der Waals surface area contributed by atoms with E-state index in [1.807, 2.05) is 30.3 Å². The summed E-state index contributed by atoms with van der Waals surface area (Å²) in [6.07, 6.45) is -1.67. The van der Waals surface area contributed by atoms with E-state index < -0.39 is 18.1 Å². The van der Waals surface area contributed by atoms with Crippen molar-refractivity contribution in [2.24, 2.45) is 0 Å². The summed E-state index contributed by atoms with van der Waals surface area (Å²) in [7, 11) is 0. The summed E-state index contributed by atoms with van der Waals surface area (Å²) in [6, 6.07) is 23.4. The molecule has 0 aliphatic carbocycles. The molecule has 3 aromatic rings. The van der Waals surface area contributed by atoms with E-state index in [0.29, 0.717) is 11.3 Å². The molecule has 4 nitrogen and oxygen atoms in total. The van der Waals surface area contributed by atoms with Crippen molar-refractivity contribution in [2.45, 2.75) is 29.6 Å². The van der Waals surface area contributed by atoms with Gasteiger partial charge in [-0.25, -0.2) is 0 Å². The first kappa shape index (κ1) is 20.4. The largest absolute Gasteiger partial charge is 0.508 e. The van der Waals surface area contributed by atoms with E-state index >= 15 is 0 Å². The number of benzene rings is 3. The van der Waals surface area contributed by atoms with Crippen molar-refractivity contribution in [1.82, 2.24) is 0 Å². The fraction of sp³-hybridized carbons (Fsp3) is 0.217. The van der Waals surface area contributed by atoms with Crippen molar-refractivity contribution in [3.63, 3.8) is 0 Å². The lowest BCUT2D eigenvalue weighted by Crippen LogP contribution is -2.27. The monoisotopic (exact) mass is 396 g/mol. The zero-order chi connectivity index (χ0) is 19.9. The molecule has 0 unspecified atom stereocenters. The van der Waals surface area contributed by atoms with Crippen molar-refractivity contribution in [3.05, 3.63) is 95.6 Å². The number of phenols is 1. The summed E-state index contributed by atoms with van der Waals surface area (Å²) in [6.45, 7) is -0.0512. The van der Waals surface area contributed by atoms with Crippen LogP contribution in [0.4, 0.5) is 0 Å². The summed E-state index contributed by atoms with van der Waals surface area (Å²) in [4.78, 5) is 0.936. The number of aliphatic hydroxyl groups is 3. The van der Waals surface area contributed by atoms with Crippen LogP contribution < -0.4 is 0 Å². The number of thioether (sulfide) groups is 1. The van der Waals surface area contributed by atoms with Gasteiger partial charge < -0.3 is 20.4 Å². The second kappa shape index (κ2) is 9.75. The Hall–Kier alpha value is -2.31. The molecule has 0 heterocycles. The number of aromatic hydroxyl groups is 1. The van der Waals surface area contributed by atoms with Crippen LogP contribution in [0, 0.1) is 0 Å². The molecule has 146 valence electrons. The number of hydrogen-bond donors (Lipinski definition) is 4. The third-order valence-corrected chi connectivity index (χ3v) is 5.81. The molecule has 5 heteroatoms. The Morgan fingerprint density at radius 1 is 0.750 bits per heavy atom. The fourth-order valence-corrected chi connectivity index (χ4v) is 4.04. The molecule has 0 spiro atoms. The van der Waals surface area contributed by atoms with Gasteiger partial charge in [0.2, 0.25) is 0 Å². The Labute approximate surface area is 169 Å². The van der Waals surface area contributed by atoms with E-state index in [4.69, 9.17) is 0 Å². The third kappa shape index (κ3) is 5.14. The molecule has 3 aromatic carbocycles. The first-order chi connectivity index (χ1) is 13.6. The van der Waals surface area contributed by atoms with Gasteiger partial charge in [0.15, 0.2) is 0 Å². The fourth-order valence-electron chi connectivity index (χ4n) is 3.15. The molecular weight excluding hydrogens is 372 g/mol. The maximum absolute atomic E-state index is 11.0. The number of aliphatic hydroxyl groups excluding tert-OH is 3. The minimum absolute atomic E-state index is 0.0512. The molecule has 0 amide bonds. The van der Waals surface area contributed by atoms with Crippen LogP contribution in [0.25, 0.3) is 0 Å². The van der Waals surface area contributed by atoms with Crippen molar-refractivity contribution < 1.29 is 20.4 Å². The predicted molar refractivity (Wildman–Crippen MR) is 111 cm³/mol. The van der Waals surface area contributed by atoms with Crippen LogP contribution in [-0.2, 0) is 6.61 Å². The number of rotatable bonds is 8. The molecule has 28 heavy (non-hydrogen) atoms. The molecule has 0 saturated carbocycles. The standard InChI is InChI=1S/C23H24O4S/c24-14-16-6-8-18(9-7-16)23(27)22(17-4-2-1-3-5-17)21(26)15-28-20-12-10-19(25)11-13-20/h1-13,21-27H,14-15H2/t21-,22-,23+/m1/s1. The SMILES string of the molecule is OCc1ccc([C@H](O)[C@H](c2ccccc2)[C@H](O)CSc2ccc(O)cc2)cc1. The van der Waals surface area contributed by atoms with Gasteiger partial charge in [-0.3, -0.25) is 0 Å². The van der Waals surface area contributed by atoms with Gasteiger partial charge in [0.1, 0.15) is 5.75 Å². The van der Waals surface area contributed by atoms with Crippen molar-refractivity contribution in [1.29, 1.82) is 0 Å². The highest BCUT2D eigenvalue weighted by atomic mass is 32.2. The molecule has 4 N–H and O–H groups in total. The Morgan fingerprint density at radius 3 is 2.00 bits per heavy atom. The molecular formula is C23H24O4S. The van der Waals surface area contributed by atoms with Gasteiger partial charge in [0.05, 0.1) is 18.8 Å². The average molecular weight is 397 g/mol. The quantitative estimate of drug-likeness (QED) is 0.435. The van der Waals surface area contributed by atoms with E-state index in [-0.39, 0.29) is 12.4 Å². The van der Waals surface area contributed by atoms with Crippen LogP contribution in [-0.4, -0.2) is 32.3 Å². The Bertz CT molecular complexity index is 850. The molecule has 0 saturated heterocycles. The molecule has 0 aliphatic heterocycles. The second-order valence-corrected chi connectivity index (χ2v) is 7.75. The maximum atomic E-state index is 11.0. The van der Waals surface area contributed by atoms with Crippen LogP contribution >= 0.6 is 11.8 Å². The Balaban J connectivity index is 1.80. The highest BCUT2D eigenvalue weighted by molar-refractivity contribution is 7.99. The van der Waals surface area contributed by atoms with Crippen LogP contribution in [0.2, 0.25) is 0 Å². The van der Waals surface area contributed by atoms with Crippen LogP contribution in [0.15, 0.2) is 83.8 Å². The summed E-state index contributed by atoms with van der Waals surface area (Å²) < 4.78 is 0. The molecule has 0 fully saturated rings. The third-order valence-electron chi connectivity index (χ3n) is 4.70. The van der Waals surface area contributed by atoms with Crippen molar-refractivity contribution >= 4 is 11.8 Å². The van der Waals surface area contributed by atoms with Gasteiger partial charge in [-0.05, 0) is 41.0 Å². The second-order valence-electron chi connectivity index (χ2n) is 6.65. The lowest BCUT2D eigenvalue weighted by molar-refractivity contribution is 0.0642.